The molecule has 0 saturated carbocycles. The lowest BCUT2D eigenvalue weighted by atomic mass is 10.0. The molecule has 1 heteroatoms. The number of aliphatic hydroxyl groups is 1. The molecular weight excluding hydrogens is 160 g/mol. The summed E-state index contributed by atoms with van der Waals surface area (Å²) in [6.45, 7) is 0. The summed E-state index contributed by atoms with van der Waals surface area (Å²) in [6.07, 6.45) is 4.81. The molecule has 0 aromatic heterocycles. The fraction of sp³-hybridized carbons (Fsp3) is 0.333. The molecule has 1 aliphatic carbocycles. The van der Waals surface area contributed by atoms with Gasteiger partial charge in [0.15, 0.2) is 0 Å². The smallest absolute Gasteiger partial charge is 0.0756 e. The minimum atomic E-state index is -0.194. The van der Waals surface area contributed by atoms with Crippen LogP contribution in [0.25, 0.3) is 0 Å². The highest BCUT2D eigenvalue weighted by atomic mass is 16.3. The number of aliphatic hydroxyl groups excluding tert-OH is 1. The van der Waals surface area contributed by atoms with Gasteiger partial charge in [-0.1, -0.05) is 36.4 Å². The van der Waals surface area contributed by atoms with Gasteiger partial charge in [0.05, 0.1) is 6.10 Å². The average molecular weight is 174 g/mol. The molecule has 1 aromatic carbocycles. The number of allylic oxidation sites excluding steroid dienone is 1. The second kappa shape index (κ2) is 3.75. The molecule has 0 radical (unpaired) electrons. The Hall–Kier alpha value is -1.08. The number of rotatable bonds is 2. The highest BCUT2D eigenvalue weighted by Crippen LogP contribution is 2.22. The molecule has 68 valence electrons. The normalized spacial score (nSPS) is 21.6. The van der Waals surface area contributed by atoms with Crippen molar-refractivity contribution in [3.8, 4) is 0 Å². The molecule has 0 fully saturated rings. The van der Waals surface area contributed by atoms with Gasteiger partial charge in [0.2, 0.25) is 0 Å². The third-order valence-electron chi connectivity index (χ3n) is 2.53. The summed E-state index contributed by atoms with van der Waals surface area (Å²) in [5.41, 5.74) is 2.47. The van der Waals surface area contributed by atoms with Gasteiger partial charge >= 0.3 is 0 Å². The van der Waals surface area contributed by atoms with Crippen molar-refractivity contribution in [2.24, 2.45) is 0 Å². The zero-order valence-corrected chi connectivity index (χ0v) is 7.61. The maximum absolute atomic E-state index is 9.58. The molecule has 1 atom stereocenters. The number of hydrogen-bond donors (Lipinski definition) is 1. The zero-order valence-electron chi connectivity index (χ0n) is 7.61. The predicted molar refractivity (Wildman–Crippen MR) is 53.5 cm³/mol. The lowest BCUT2D eigenvalue weighted by molar-refractivity contribution is 0.209. The second-order valence-corrected chi connectivity index (χ2v) is 3.53. The van der Waals surface area contributed by atoms with E-state index in [1.54, 1.807) is 0 Å². The van der Waals surface area contributed by atoms with Crippen LogP contribution in [0.15, 0.2) is 42.0 Å². The Morgan fingerprint density at radius 3 is 2.62 bits per heavy atom. The van der Waals surface area contributed by atoms with E-state index in [4.69, 9.17) is 0 Å². The van der Waals surface area contributed by atoms with Gasteiger partial charge in [0.1, 0.15) is 0 Å². The van der Waals surface area contributed by atoms with E-state index in [1.807, 2.05) is 18.2 Å². The molecule has 1 aromatic rings. The number of benzene rings is 1. The van der Waals surface area contributed by atoms with Crippen molar-refractivity contribution in [3.63, 3.8) is 0 Å². The molecule has 0 aliphatic heterocycles. The van der Waals surface area contributed by atoms with E-state index in [0.717, 1.165) is 19.3 Å². The standard InChI is InChI=1S/C12H14O/c13-12-8-4-7-11(12)9-10-5-2-1-3-6-10/h1-3,5-7,12-13H,4,8-9H2. The Kier molecular flexibility index (Phi) is 2.46. The van der Waals surface area contributed by atoms with Crippen molar-refractivity contribution in [1.29, 1.82) is 0 Å². The van der Waals surface area contributed by atoms with E-state index in [-0.39, 0.29) is 6.10 Å². The summed E-state index contributed by atoms with van der Waals surface area (Å²) in [5.74, 6) is 0. The van der Waals surface area contributed by atoms with Crippen LogP contribution in [0.5, 0.6) is 0 Å². The van der Waals surface area contributed by atoms with Gasteiger partial charge in [0.25, 0.3) is 0 Å². The summed E-state index contributed by atoms with van der Waals surface area (Å²) in [4.78, 5) is 0. The molecule has 2 rings (SSSR count). The average Bonchev–Trinajstić information content (AvgIpc) is 2.54. The molecule has 1 N–H and O–H groups in total. The van der Waals surface area contributed by atoms with Crippen LogP contribution in [0, 0.1) is 0 Å². The van der Waals surface area contributed by atoms with Crippen molar-refractivity contribution in [2.75, 3.05) is 0 Å². The Bertz CT molecular complexity index is 300. The van der Waals surface area contributed by atoms with Gasteiger partial charge in [-0.3, -0.25) is 0 Å². The van der Waals surface area contributed by atoms with Crippen molar-refractivity contribution in [3.05, 3.63) is 47.5 Å². The maximum Gasteiger partial charge on any atom is 0.0756 e. The Morgan fingerprint density at radius 2 is 2.00 bits per heavy atom. The fourth-order valence-electron chi connectivity index (χ4n) is 1.77. The first-order valence-corrected chi connectivity index (χ1v) is 4.77. The van der Waals surface area contributed by atoms with Crippen LogP contribution in [-0.2, 0) is 6.42 Å². The van der Waals surface area contributed by atoms with Crippen LogP contribution in [0.2, 0.25) is 0 Å². The molecular formula is C12H14O. The van der Waals surface area contributed by atoms with Crippen molar-refractivity contribution in [2.45, 2.75) is 25.4 Å². The Labute approximate surface area is 78.7 Å². The quantitative estimate of drug-likeness (QED) is 0.682. The van der Waals surface area contributed by atoms with Crippen LogP contribution in [0.4, 0.5) is 0 Å². The first kappa shape index (κ1) is 8.52. The highest BCUT2D eigenvalue weighted by molar-refractivity contribution is 5.25. The molecule has 1 aliphatic rings. The SMILES string of the molecule is OC1CCC=C1Cc1ccccc1. The molecule has 13 heavy (non-hydrogen) atoms. The lowest BCUT2D eigenvalue weighted by Gasteiger charge is -2.07. The summed E-state index contributed by atoms with van der Waals surface area (Å²) >= 11 is 0. The van der Waals surface area contributed by atoms with E-state index in [2.05, 4.69) is 18.2 Å². The minimum absolute atomic E-state index is 0.194. The third-order valence-corrected chi connectivity index (χ3v) is 2.53. The summed E-state index contributed by atoms with van der Waals surface area (Å²) in [6, 6.07) is 10.3. The van der Waals surface area contributed by atoms with Crippen molar-refractivity contribution in [1.82, 2.24) is 0 Å². The van der Waals surface area contributed by atoms with Crippen LogP contribution < -0.4 is 0 Å². The monoisotopic (exact) mass is 174 g/mol. The molecule has 1 unspecified atom stereocenters. The molecule has 0 amide bonds. The third kappa shape index (κ3) is 1.99. The van der Waals surface area contributed by atoms with Crippen LogP contribution in [0.1, 0.15) is 18.4 Å². The lowest BCUT2D eigenvalue weighted by Crippen LogP contribution is -2.06. The van der Waals surface area contributed by atoms with Gasteiger partial charge < -0.3 is 5.11 Å². The first-order chi connectivity index (χ1) is 6.36. The summed E-state index contributed by atoms with van der Waals surface area (Å²) in [7, 11) is 0. The van der Waals surface area contributed by atoms with Crippen LogP contribution in [0.3, 0.4) is 0 Å². The van der Waals surface area contributed by atoms with E-state index in [1.165, 1.54) is 11.1 Å². The van der Waals surface area contributed by atoms with Crippen molar-refractivity contribution >= 4 is 0 Å². The number of hydrogen-bond acceptors (Lipinski definition) is 1. The predicted octanol–water partition coefficient (Wildman–Crippen LogP) is 2.31. The highest BCUT2D eigenvalue weighted by Gasteiger charge is 2.15. The van der Waals surface area contributed by atoms with Crippen LogP contribution >= 0.6 is 0 Å². The molecule has 0 bridgehead atoms. The van der Waals surface area contributed by atoms with Gasteiger partial charge in [-0.25, -0.2) is 0 Å². The van der Waals surface area contributed by atoms with Gasteiger partial charge in [-0.15, -0.1) is 0 Å². The largest absolute Gasteiger partial charge is 0.389 e. The van der Waals surface area contributed by atoms with E-state index in [0.29, 0.717) is 0 Å². The Morgan fingerprint density at radius 1 is 1.23 bits per heavy atom. The van der Waals surface area contributed by atoms with Gasteiger partial charge in [-0.2, -0.15) is 0 Å². The summed E-state index contributed by atoms with van der Waals surface area (Å²) in [5, 5.41) is 9.58. The maximum atomic E-state index is 9.58. The van der Waals surface area contributed by atoms with E-state index in [9.17, 15) is 5.11 Å². The van der Waals surface area contributed by atoms with Gasteiger partial charge in [-0.05, 0) is 30.4 Å². The van der Waals surface area contributed by atoms with Gasteiger partial charge in [0, 0.05) is 0 Å². The van der Waals surface area contributed by atoms with Crippen molar-refractivity contribution < 1.29 is 5.11 Å². The van der Waals surface area contributed by atoms with E-state index < -0.39 is 0 Å². The molecule has 0 spiro atoms. The fourth-order valence-corrected chi connectivity index (χ4v) is 1.77. The summed E-state index contributed by atoms with van der Waals surface area (Å²) < 4.78 is 0. The minimum Gasteiger partial charge on any atom is -0.389 e. The zero-order chi connectivity index (χ0) is 9.10. The molecule has 0 heterocycles. The molecule has 1 nitrogen and oxygen atoms in total. The van der Waals surface area contributed by atoms with Crippen LogP contribution in [-0.4, -0.2) is 11.2 Å². The Balaban J connectivity index is 2.06. The topological polar surface area (TPSA) is 20.2 Å². The first-order valence-electron chi connectivity index (χ1n) is 4.77. The van der Waals surface area contributed by atoms with E-state index >= 15 is 0 Å². The molecule has 0 saturated heterocycles. The second-order valence-electron chi connectivity index (χ2n) is 3.53.